The molecule has 1 fully saturated rings. The fourth-order valence-corrected chi connectivity index (χ4v) is 3.04. The fourth-order valence-electron chi connectivity index (χ4n) is 3.04. The van der Waals surface area contributed by atoms with Gasteiger partial charge in [0.15, 0.2) is 0 Å². The third-order valence-electron chi connectivity index (χ3n) is 4.42. The van der Waals surface area contributed by atoms with E-state index in [1.54, 1.807) is 0 Å². The van der Waals surface area contributed by atoms with Gasteiger partial charge in [0.05, 0.1) is 12.1 Å². The van der Waals surface area contributed by atoms with Gasteiger partial charge in [-0.3, -0.25) is 4.79 Å². The topological polar surface area (TPSA) is 75.3 Å². The van der Waals surface area contributed by atoms with Gasteiger partial charge in [-0.25, -0.2) is 0 Å². The van der Waals surface area contributed by atoms with Crippen molar-refractivity contribution in [1.82, 2.24) is 5.32 Å². The van der Waals surface area contributed by atoms with Gasteiger partial charge in [-0.2, -0.15) is 0 Å². The number of carbonyl (C=O) groups excluding carboxylic acids is 1. The maximum atomic E-state index is 12.5. The Hall–Kier alpha value is -1.39. The molecule has 1 aliphatic rings. The summed E-state index contributed by atoms with van der Waals surface area (Å²) in [6.45, 7) is 2.29. The standard InChI is InChI=1S/C16H24N2O2/c1-16(11-19,13-7-3-2-4-8-13)18-15(20)14-9-5-6-12(14)10-17/h2-4,7-8,12,14,19H,5-6,9-11,17H2,1H3,(H,18,20). The Kier molecular flexibility index (Phi) is 4.78. The second kappa shape index (κ2) is 6.37. The van der Waals surface area contributed by atoms with Crippen LogP contribution in [-0.2, 0) is 10.3 Å². The first-order valence-corrected chi connectivity index (χ1v) is 7.29. The third-order valence-corrected chi connectivity index (χ3v) is 4.42. The number of aliphatic hydroxyl groups is 1. The molecule has 0 saturated heterocycles. The van der Waals surface area contributed by atoms with E-state index in [1.165, 1.54) is 0 Å². The van der Waals surface area contributed by atoms with Crippen molar-refractivity contribution in [3.05, 3.63) is 35.9 Å². The van der Waals surface area contributed by atoms with E-state index < -0.39 is 5.54 Å². The summed E-state index contributed by atoms with van der Waals surface area (Å²) < 4.78 is 0. The van der Waals surface area contributed by atoms with E-state index in [0.29, 0.717) is 6.54 Å². The van der Waals surface area contributed by atoms with Gasteiger partial charge in [0.2, 0.25) is 5.91 Å². The van der Waals surface area contributed by atoms with Crippen molar-refractivity contribution < 1.29 is 9.90 Å². The number of amides is 1. The summed E-state index contributed by atoms with van der Waals surface area (Å²) in [7, 11) is 0. The average Bonchev–Trinajstić information content (AvgIpc) is 2.96. The SMILES string of the molecule is CC(CO)(NC(=O)C1CCCC1CN)c1ccccc1. The Bertz CT molecular complexity index is 449. The molecule has 3 unspecified atom stereocenters. The zero-order valence-electron chi connectivity index (χ0n) is 12.0. The number of carbonyl (C=O) groups is 1. The zero-order valence-corrected chi connectivity index (χ0v) is 12.0. The lowest BCUT2D eigenvalue weighted by Crippen LogP contribution is -2.49. The number of aliphatic hydroxyl groups excluding tert-OH is 1. The molecule has 0 radical (unpaired) electrons. The number of hydrogen-bond donors (Lipinski definition) is 3. The van der Waals surface area contributed by atoms with Crippen molar-refractivity contribution in [3.63, 3.8) is 0 Å². The second-order valence-electron chi connectivity index (χ2n) is 5.88. The predicted molar refractivity (Wildman–Crippen MR) is 78.9 cm³/mol. The molecule has 1 saturated carbocycles. The molecule has 4 nitrogen and oxygen atoms in total. The molecule has 1 aliphatic carbocycles. The molecule has 0 spiro atoms. The first kappa shape index (κ1) is 15.0. The number of rotatable bonds is 5. The predicted octanol–water partition coefficient (Wildman–Crippen LogP) is 1.39. The largest absolute Gasteiger partial charge is 0.394 e. The average molecular weight is 276 g/mol. The molecule has 1 aromatic rings. The van der Waals surface area contributed by atoms with E-state index in [0.717, 1.165) is 24.8 Å². The fraction of sp³-hybridized carbons (Fsp3) is 0.562. The van der Waals surface area contributed by atoms with Crippen LogP contribution >= 0.6 is 0 Å². The van der Waals surface area contributed by atoms with Gasteiger partial charge in [0.25, 0.3) is 0 Å². The van der Waals surface area contributed by atoms with Crippen molar-refractivity contribution in [2.75, 3.05) is 13.2 Å². The summed E-state index contributed by atoms with van der Waals surface area (Å²) in [5.74, 6) is 0.265. The quantitative estimate of drug-likeness (QED) is 0.760. The van der Waals surface area contributed by atoms with Crippen molar-refractivity contribution in [3.8, 4) is 0 Å². The molecular weight excluding hydrogens is 252 g/mol. The normalized spacial score (nSPS) is 25.1. The minimum absolute atomic E-state index is 0.0124. The zero-order chi connectivity index (χ0) is 14.6. The van der Waals surface area contributed by atoms with Crippen LogP contribution in [0.5, 0.6) is 0 Å². The van der Waals surface area contributed by atoms with Crippen LogP contribution in [0, 0.1) is 11.8 Å². The first-order valence-electron chi connectivity index (χ1n) is 7.29. The van der Waals surface area contributed by atoms with Crippen molar-refractivity contribution in [2.45, 2.75) is 31.7 Å². The van der Waals surface area contributed by atoms with Crippen LogP contribution in [0.4, 0.5) is 0 Å². The highest BCUT2D eigenvalue weighted by Gasteiger charge is 2.36. The van der Waals surface area contributed by atoms with Crippen LogP contribution in [0.25, 0.3) is 0 Å². The molecule has 0 aliphatic heterocycles. The summed E-state index contributed by atoms with van der Waals surface area (Å²) >= 11 is 0. The van der Waals surface area contributed by atoms with Gasteiger partial charge >= 0.3 is 0 Å². The van der Waals surface area contributed by atoms with E-state index >= 15 is 0 Å². The van der Waals surface area contributed by atoms with Crippen LogP contribution in [0.15, 0.2) is 30.3 Å². The van der Waals surface area contributed by atoms with Gasteiger partial charge in [-0.15, -0.1) is 0 Å². The van der Waals surface area contributed by atoms with Gasteiger partial charge in [0.1, 0.15) is 0 Å². The summed E-state index contributed by atoms with van der Waals surface area (Å²) in [6, 6.07) is 9.59. The molecular formula is C16H24N2O2. The molecule has 1 aromatic carbocycles. The smallest absolute Gasteiger partial charge is 0.224 e. The van der Waals surface area contributed by atoms with Gasteiger partial charge in [-0.1, -0.05) is 36.8 Å². The molecule has 2 rings (SSSR count). The highest BCUT2D eigenvalue weighted by atomic mass is 16.3. The van der Waals surface area contributed by atoms with E-state index in [1.807, 2.05) is 37.3 Å². The van der Waals surface area contributed by atoms with Crippen LogP contribution in [0.3, 0.4) is 0 Å². The lowest BCUT2D eigenvalue weighted by molar-refractivity contribution is -0.128. The Morgan fingerprint density at radius 1 is 1.40 bits per heavy atom. The van der Waals surface area contributed by atoms with E-state index in [-0.39, 0.29) is 24.3 Å². The molecule has 110 valence electrons. The van der Waals surface area contributed by atoms with Crippen molar-refractivity contribution in [2.24, 2.45) is 17.6 Å². The lowest BCUT2D eigenvalue weighted by atomic mass is 9.89. The molecule has 4 N–H and O–H groups in total. The highest BCUT2D eigenvalue weighted by molar-refractivity contribution is 5.80. The molecule has 0 aromatic heterocycles. The first-order chi connectivity index (χ1) is 9.60. The minimum Gasteiger partial charge on any atom is -0.394 e. The Balaban J connectivity index is 2.12. The number of nitrogens with one attached hydrogen (secondary N) is 1. The second-order valence-corrected chi connectivity index (χ2v) is 5.88. The summed E-state index contributed by atoms with van der Waals surface area (Å²) in [5.41, 5.74) is 5.92. The van der Waals surface area contributed by atoms with Crippen LogP contribution in [0.2, 0.25) is 0 Å². The van der Waals surface area contributed by atoms with Crippen LogP contribution < -0.4 is 11.1 Å². The monoisotopic (exact) mass is 276 g/mol. The van der Waals surface area contributed by atoms with Gasteiger partial charge in [-0.05, 0) is 37.8 Å². The van der Waals surface area contributed by atoms with Crippen LogP contribution in [0.1, 0.15) is 31.7 Å². The van der Waals surface area contributed by atoms with E-state index in [4.69, 9.17) is 5.73 Å². The number of hydrogen-bond acceptors (Lipinski definition) is 3. The Labute approximate surface area is 120 Å². The summed E-state index contributed by atoms with van der Waals surface area (Å²) in [6.07, 6.45) is 2.97. The van der Waals surface area contributed by atoms with Crippen molar-refractivity contribution in [1.29, 1.82) is 0 Å². The maximum Gasteiger partial charge on any atom is 0.224 e. The molecule has 0 bridgehead atoms. The summed E-state index contributed by atoms with van der Waals surface area (Å²) in [5, 5.41) is 12.7. The summed E-state index contributed by atoms with van der Waals surface area (Å²) in [4.78, 5) is 12.5. The third kappa shape index (κ3) is 3.02. The molecule has 3 atom stereocenters. The van der Waals surface area contributed by atoms with Gasteiger partial charge in [0, 0.05) is 5.92 Å². The number of benzene rings is 1. The van der Waals surface area contributed by atoms with Gasteiger partial charge < -0.3 is 16.2 Å². The van der Waals surface area contributed by atoms with E-state index in [9.17, 15) is 9.90 Å². The maximum absolute atomic E-state index is 12.5. The van der Waals surface area contributed by atoms with Crippen molar-refractivity contribution >= 4 is 5.91 Å². The Morgan fingerprint density at radius 2 is 2.10 bits per heavy atom. The lowest BCUT2D eigenvalue weighted by Gasteiger charge is -2.31. The highest BCUT2D eigenvalue weighted by Crippen LogP contribution is 2.32. The molecule has 0 heterocycles. The van der Waals surface area contributed by atoms with E-state index in [2.05, 4.69) is 5.32 Å². The Morgan fingerprint density at radius 3 is 2.70 bits per heavy atom. The molecule has 20 heavy (non-hydrogen) atoms. The minimum atomic E-state index is -0.736. The molecule has 4 heteroatoms. The van der Waals surface area contributed by atoms with Crippen LogP contribution in [-0.4, -0.2) is 24.2 Å². The molecule has 1 amide bonds. The number of nitrogens with two attached hydrogens (primary N) is 1.